The van der Waals surface area contributed by atoms with E-state index in [9.17, 15) is 0 Å². The molecule has 0 atom stereocenters. The number of nitrogens with zero attached hydrogens (tertiary/aromatic N) is 2. The van der Waals surface area contributed by atoms with Gasteiger partial charge in [-0.1, -0.05) is 35.0 Å². The number of benzene rings is 1. The number of aromatic nitrogens is 2. The van der Waals surface area contributed by atoms with E-state index >= 15 is 0 Å². The lowest BCUT2D eigenvalue weighted by Gasteiger charge is -2.13. The fraction of sp³-hybridized carbons (Fsp3) is 0.375. The minimum atomic E-state index is 0.498. The summed E-state index contributed by atoms with van der Waals surface area (Å²) in [5.74, 6) is 2.21. The second-order valence-electron chi connectivity index (χ2n) is 4.89. The molecule has 2 rings (SSSR count). The molecule has 0 fully saturated rings. The van der Waals surface area contributed by atoms with Crippen molar-refractivity contribution in [1.82, 2.24) is 9.97 Å². The van der Waals surface area contributed by atoms with Crippen LogP contribution in [0, 0.1) is 13.8 Å². The van der Waals surface area contributed by atoms with Gasteiger partial charge in [0.15, 0.2) is 0 Å². The highest BCUT2D eigenvalue weighted by atomic mass is 79.9. The number of halogens is 1. The predicted octanol–water partition coefficient (Wildman–Crippen LogP) is 4.26. The van der Waals surface area contributed by atoms with E-state index in [0.717, 1.165) is 34.4 Å². The zero-order valence-corrected chi connectivity index (χ0v) is 14.2. The van der Waals surface area contributed by atoms with E-state index in [4.69, 9.17) is 4.74 Å². The molecule has 1 aromatic carbocycles. The van der Waals surface area contributed by atoms with Gasteiger partial charge in [0, 0.05) is 11.0 Å². The van der Waals surface area contributed by atoms with Gasteiger partial charge in [0.25, 0.3) is 0 Å². The zero-order chi connectivity index (χ0) is 15.2. The SMILES string of the molecule is CCCNc1nc(C)nc(OCc2ccc(Br)cc2)c1C. The van der Waals surface area contributed by atoms with Crippen LogP contribution in [0.25, 0.3) is 0 Å². The maximum atomic E-state index is 5.86. The summed E-state index contributed by atoms with van der Waals surface area (Å²) < 4.78 is 6.92. The number of nitrogens with one attached hydrogen (secondary N) is 1. The zero-order valence-electron chi connectivity index (χ0n) is 12.6. The third-order valence-corrected chi connectivity index (χ3v) is 3.57. The number of aryl methyl sites for hydroxylation is 1. The van der Waals surface area contributed by atoms with Crippen LogP contribution in [0.3, 0.4) is 0 Å². The van der Waals surface area contributed by atoms with Gasteiger partial charge in [-0.15, -0.1) is 0 Å². The Morgan fingerprint density at radius 2 is 1.86 bits per heavy atom. The largest absolute Gasteiger partial charge is 0.472 e. The van der Waals surface area contributed by atoms with E-state index in [1.165, 1.54) is 0 Å². The summed E-state index contributed by atoms with van der Waals surface area (Å²) in [4.78, 5) is 8.82. The number of ether oxygens (including phenoxy) is 1. The summed E-state index contributed by atoms with van der Waals surface area (Å²) in [6.07, 6.45) is 1.05. The fourth-order valence-corrected chi connectivity index (χ4v) is 2.16. The van der Waals surface area contributed by atoms with Crippen molar-refractivity contribution in [3.8, 4) is 5.88 Å². The average Bonchev–Trinajstić information content (AvgIpc) is 2.48. The molecule has 0 amide bonds. The van der Waals surface area contributed by atoms with E-state index in [0.29, 0.717) is 18.3 Å². The van der Waals surface area contributed by atoms with Crippen LogP contribution in [0.4, 0.5) is 5.82 Å². The molecule has 1 aromatic heterocycles. The number of rotatable bonds is 6. The highest BCUT2D eigenvalue weighted by Crippen LogP contribution is 2.23. The van der Waals surface area contributed by atoms with E-state index in [-0.39, 0.29) is 0 Å². The first-order valence-electron chi connectivity index (χ1n) is 7.06. The van der Waals surface area contributed by atoms with Gasteiger partial charge in [0.05, 0.1) is 5.56 Å². The van der Waals surface area contributed by atoms with Gasteiger partial charge in [-0.25, -0.2) is 4.98 Å². The summed E-state index contributed by atoms with van der Waals surface area (Å²) >= 11 is 3.43. The van der Waals surface area contributed by atoms with E-state index < -0.39 is 0 Å². The van der Waals surface area contributed by atoms with Crippen molar-refractivity contribution in [1.29, 1.82) is 0 Å². The predicted molar refractivity (Wildman–Crippen MR) is 88.8 cm³/mol. The molecule has 21 heavy (non-hydrogen) atoms. The molecule has 0 radical (unpaired) electrons. The van der Waals surface area contributed by atoms with Crippen molar-refractivity contribution in [3.05, 3.63) is 45.7 Å². The van der Waals surface area contributed by atoms with Crippen LogP contribution in [0.2, 0.25) is 0 Å². The van der Waals surface area contributed by atoms with Crippen LogP contribution in [0.1, 0.15) is 30.3 Å². The molecule has 0 spiro atoms. The molecular weight excluding hydrogens is 330 g/mol. The summed E-state index contributed by atoms with van der Waals surface area (Å²) in [6.45, 7) is 7.37. The Morgan fingerprint density at radius 3 is 2.52 bits per heavy atom. The normalized spacial score (nSPS) is 10.5. The Morgan fingerprint density at radius 1 is 1.14 bits per heavy atom. The topological polar surface area (TPSA) is 47.0 Å². The highest BCUT2D eigenvalue weighted by Gasteiger charge is 2.10. The van der Waals surface area contributed by atoms with Crippen molar-refractivity contribution >= 4 is 21.7 Å². The lowest BCUT2D eigenvalue weighted by Crippen LogP contribution is -2.08. The van der Waals surface area contributed by atoms with Crippen molar-refractivity contribution in [2.24, 2.45) is 0 Å². The Kier molecular flexibility index (Phi) is 5.56. The lowest BCUT2D eigenvalue weighted by atomic mass is 10.2. The van der Waals surface area contributed by atoms with Crippen LogP contribution in [0.15, 0.2) is 28.7 Å². The summed E-state index contributed by atoms with van der Waals surface area (Å²) in [7, 11) is 0. The minimum Gasteiger partial charge on any atom is -0.472 e. The van der Waals surface area contributed by atoms with Crippen LogP contribution in [0.5, 0.6) is 5.88 Å². The molecule has 0 unspecified atom stereocenters. The Balaban J connectivity index is 2.11. The van der Waals surface area contributed by atoms with Gasteiger partial charge in [-0.05, 0) is 38.0 Å². The molecule has 0 bridgehead atoms. The number of hydrogen-bond donors (Lipinski definition) is 1. The summed E-state index contributed by atoms with van der Waals surface area (Å²) in [5, 5.41) is 3.31. The third kappa shape index (κ3) is 4.43. The standard InChI is InChI=1S/C16H20BrN3O/c1-4-9-18-15-11(2)16(20-12(3)19-15)21-10-13-5-7-14(17)8-6-13/h5-8H,4,9-10H2,1-3H3,(H,18,19,20). The molecule has 112 valence electrons. The molecule has 0 aliphatic rings. The molecule has 0 saturated heterocycles. The second-order valence-corrected chi connectivity index (χ2v) is 5.81. The first kappa shape index (κ1) is 15.8. The van der Waals surface area contributed by atoms with Crippen LogP contribution >= 0.6 is 15.9 Å². The van der Waals surface area contributed by atoms with E-state index in [1.54, 1.807) is 0 Å². The fourth-order valence-electron chi connectivity index (χ4n) is 1.89. The molecule has 1 N–H and O–H groups in total. The van der Waals surface area contributed by atoms with Gasteiger partial charge < -0.3 is 10.1 Å². The number of hydrogen-bond acceptors (Lipinski definition) is 4. The maximum absolute atomic E-state index is 5.86. The van der Waals surface area contributed by atoms with E-state index in [1.807, 2.05) is 38.1 Å². The highest BCUT2D eigenvalue weighted by molar-refractivity contribution is 9.10. The Bertz CT molecular complexity index is 599. The molecule has 0 saturated carbocycles. The average molecular weight is 350 g/mol. The van der Waals surface area contributed by atoms with Gasteiger partial charge in [0.1, 0.15) is 18.2 Å². The van der Waals surface area contributed by atoms with Crippen LogP contribution in [-0.4, -0.2) is 16.5 Å². The van der Waals surface area contributed by atoms with Crippen molar-refractivity contribution in [2.45, 2.75) is 33.8 Å². The van der Waals surface area contributed by atoms with Crippen molar-refractivity contribution in [3.63, 3.8) is 0 Å². The minimum absolute atomic E-state index is 0.498. The smallest absolute Gasteiger partial charge is 0.222 e. The first-order chi connectivity index (χ1) is 10.1. The summed E-state index contributed by atoms with van der Waals surface area (Å²) in [5.41, 5.74) is 2.06. The van der Waals surface area contributed by atoms with E-state index in [2.05, 4.69) is 38.1 Å². The van der Waals surface area contributed by atoms with Crippen molar-refractivity contribution < 1.29 is 4.74 Å². The second kappa shape index (κ2) is 7.41. The first-order valence-corrected chi connectivity index (χ1v) is 7.85. The molecule has 1 heterocycles. The summed E-state index contributed by atoms with van der Waals surface area (Å²) in [6, 6.07) is 8.07. The van der Waals surface area contributed by atoms with Gasteiger partial charge in [0.2, 0.25) is 5.88 Å². The molecule has 5 heteroatoms. The monoisotopic (exact) mass is 349 g/mol. The molecular formula is C16H20BrN3O. The molecule has 4 nitrogen and oxygen atoms in total. The molecule has 0 aliphatic carbocycles. The maximum Gasteiger partial charge on any atom is 0.222 e. The van der Waals surface area contributed by atoms with Gasteiger partial charge in [-0.3, -0.25) is 0 Å². The quantitative estimate of drug-likeness (QED) is 0.846. The van der Waals surface area contributed by atoms with Crippen LogP contribution < -0.4 is 10.1 Å². The lowest BCUT2D eigenvalue weighted by molar-refractivity contribution is 0.290. The molecule has 2 aromatic rings. The van der Waals surface area contributed by atoms with Gasteiger partial charge >= 0.3 is 0 Å². The Labute approximate surface area is 134 Å². The third-order valence-electron chi connectivity index (χ3n) is 3.04. The Hall–Kier alpha value is -1.62. The molecule has 0 aliphatic heterocycles. The van der Waals surface area contributed by atoms with Crippen molar-refractivity contribution in [2.75, 3.05) is 11.9 Å². The van der Waals surface area contributed by atoms with Crippen LogP contribution in [-0.2, 0) is 6.61 Å². The van der Waals surface area contributed by atoms with Gasteiger partial charge in [-0.2, -0.15) is 4.98 Å². The number of anilines is 1.